The van der Waals surface area contributed by atoms with Crippen LogP contribution in [-0.2, 0) is 11.2 Å². The first-order valence-electron chi connectivity index (χ1n) is 5.03. The van der Waals surface area contributed by atoms with E-state index in [1.54, 1.807) is 12.1 Å². The third-order valence-corrected chi connectivity index (χ3v) is 2.32. The second kappa shape index (κ2) is 4.83. The molecule has 0 saturated carbocycles. The van der Waals surface area contributed by atoms with E-state index >= 15 is 0 Å². The van der Waals surface area contributed by atoms with E-state index in [0.717, 1.165) is 0 Å². The summed E-state index contributed by atoms with van der Waals surface area (Å²) in [7, 11) is 0. The molecule has 1 N–H and O–H groups in total. The molecule has 0 unspecified atom stereocenters. The van der Waals surface area contributed by atoms with E-state index in [9.17, 15) is 9.18 Å². The Morgan fingerprint density at radius 3 is 2.62 bits per heavy atom. The first-order valence-corrected chi connectivity index (χ1v) is 5.41. The van der Waals surface area contributed by atoms with Crippen molar-refractivity contribution in [3.05, 3.63) is 34.6 Å². The zero-order chi connectivity index (χ0) is 12.3. The van der Waals surface area contributed by atoms with Crippen molar-refractivity contribution >= 4 is 17.5 Å². The molecule has 4 heteroatoms. The Labute approximate surface area is 99.8 Å². The van der Waals surface area contributed by atoms with E-state index in [2.05, 4.69) is 5.32 Å². The molecule has 0 fully saturated rings. The lowest BCUT2D eigenvalue weighted by atomic mass is 10.1. The molecular formula is C12H15ClFNO. The Hall–Kier alpha value is -1.09. The van der Waals surface area contributed by atoms with Crippen molar-refractivity contribution in [3.63, 3.8) is 0 Å². The lowest BCUT2D eigenvalue weighted by Gasteiger charge is -2.20. The molecule has 2 nitrogen and oxygen atoms in total. The first-order chi connectivity index (χ1) is 7.29. The van der Waals surface area contributed by atoms with Gasteiger partial charge in [0, 0.05) is 5.54 Å². The molecular weight excluding hydrogens is 229 g/mol. The molecule has 0 aromatic heterocycles. The molecule has 16 heavy (non-hydrogen) atoms. The van der Waals surface area contributed by atoms with Crippen LogP contribution in [-0.4, -0.2) is 11.4 Å². The van der Waals surface area contributed by atoms with Crippen molar-refractivity contribution in [2.45, 2.75) is 32.7 Å². The van der Waals surface area contributed by atoms with Gasteiger partial charge in [0.15, 0.2) is 0 Å². The number of halogens is 2. The molecule has 1 rings (SSSR count). The van der Waals surface area contributed by atoms with E-state index in [-0.39, 0.29) is 22.9 Å². The highest BCUT2D eigenvalue weighted by atomic mass is 35.5. The van der Waals surface area contributed by atoms with Crippen LogP contribution in [0.4, 0.5) is 4.39 Å². The zero-order valence-corrected chi connectivity index (χ0v) is 10.4. The summed E-state index contributed by atoms with van der Waals surface area (Å²) in [6.07, 6.45) is 0.0911. The van der Waals surface area contributed by atoms with Crippen molar-refractivity contribution in [2.24, 2.45) is 0 Å². The maximum atomic E-state index is 13.1. The van der Waals surface area contributed by atoms with Crippen LogP contribution in [0.1, 0.15) is 26.3 Å². The highest BCUT2D eigenvalue weighted by molar-refractivity contribution is 6.31. The summed E-state index contributed by atoms with van der Waals surface area (Å²) in [6, 6.07) is 4.46. The Morgan fingerprint density at radius 2 is 2.06 bits per heavy atom. The smallest absolute Gasteiger partial charge is 0.224 e. The second-order valence-electron chi connectivity index (χ2n) is 4.69. The fraction of sp³-hybridized carbons (Fsp3) is 0.417. The van der Waals surface area contributed by atoms with E-state index in [1.165, 1.54) is 6.07 Å². The van der Waals surface area contributed by atoms with Gasteiger partial charge in [0.2, 0.25) is 5.91 Å². The maximum Gasteiger partial charge on any atom is 0.224 e. The van der Waals surface area contributed by atoms with Crippen LogP contribution in [0.3, 0.4) is 0 Å². The number of nitrogens with one attached hydrogen (secondary N) is 1. The molecule has 0 saturated heterocycles. The summed E-state index contributed by atoms with van der Waals surface area (Å²) in [5, 5.41) is 2.81. The minimum Gasteiger partial charge on any atom is -0.351 e. The molecule has 88 valence electrons. The molecule has 1 amide bonds. The van der Waals surface area contributed by atoms with Crippen molar-refractivity contribution < 1.29 is 9.18 Å². The summed E-state index contributed by atoms with van der Waals surface area (Å²) in [5.74, 6) is -0.664. The van der Waals surface area contributed by atoms with Gasteiger partial charge < -0.3 is 5.32 Å². The summed E-state index contributed by atoms with van der Waals surface area (Å²) in [4.78, 5) is 11.6. The average Bonchev–Trinajstić information content (AvgIpc) is 2.09. The molecule has 0 bridgehead atoms. The van der Waals surface area contributed by atoms with Gasteiger partial charge in [-0.2, -0.15) is 0 Å². The number of hydrogen-bond acceptors (Lipinski definition) is 1. The van der Waals surface area contributed by atoms with Gasteiger partial charge in [-0.1, -0.05) is 23.7 Å². The number of carbonyl (C=O) groups excluding carboxylic acids is 1. The average molecular weight is 244 g/mol. The third kappa shape index (κ3) is 3.81. The van der Waals surface area contributed by atoms with Crippen LogP contribution >= 0.6 is 11.6 Å². The monoisotopic (exact) mass is 243 g/mol. The van der Waals surface area contributed by atoms with E-state index in [4.69, 9.17) is 11.6 Å². The minimum atomic E-state index is -0.497. The summed E-state index contributed by atoms with van der Waals surface area (Å²) in [5.41, 5.74) is 0.208. The van der Waals surface area contributed by atoms with Gasteiger partial charge in [0.25, 0.3) is 0 Å². The van der Waals surface area contributed by atoms with Crippen molar-refractivity contribution in [1.82, 2.24) is 5.32 Å². The molecule has 1 aromatic rings. The fourth-order valence-electron chi connectivity index (χ4n) is 1.32. The summed E-state index contributed by atoms with van der Waals surface area (Å²) >= 11 is 5.75. The number of amides is 1. The number of carbonyl (C=O) groups is 1. The Morgan fingerprint density at radius 1 is 1.44 bits per heavy atom. The van der Waals surface area contributed by atoms with E-state index < -0.39 is 5.82 Å². The van der Waals surface area contributed by atoms with Crippen molar-refractivity contribution in [2.75, 3.05) is 0 Å². The van der Waals surface area contributed by atoms with Crippen molar-refractivity contribution in [3.8, 4) is 0 Å². The van der Waals surface area contributed by atoms with Gasteiger partial charge in [0.05, 0.1) is 11.4 Å². The largest absolute Gasteiger partial charge is 0.351 e. The van der Waals surface area contributed by atoms with Crippen LogP contribution in [0.25, 0.3) is 0 Å². The summed E-state index contributed by atoms with van der Waals surface area (Å²) in [6.45, 7) is 5.66. The minimum absolute atomic E-state index is 0.0200. The van der Waals surface area contributed by atoms with E-state index in [1.807, 2.05) is 20.8 Å². The van der Waals surface area contributed by atoms with Crippen LogP contribution in [0.2, 0.25) is 5.02 Å². The highest BCUT2D eigenvalue weighted by Crippen LogP contribution is 2.20. The van der Waals surface area contributed by atoms with Crippen molar-refractivity contribution in [1.29, 1.82) is 0 Å². The Kier molecular flexibility index (Phi) is 3.92. The topological polar surface area (TPSA) is 29.1 Å². The summed E-state index contributed by atoms with van der Waals surface area (Å²) < 4.78 is 13.1. The van der Waals surface area contributed by atoms with E-state index in [0.29, 0.717) is 5.56 Å². The molecule has 0 aliphatic carbocycles. The fourth-order valence-corrected chi connectivity index (χ4v) is 1.51. The van der Waals surface area contributed by atoms with Crippen LogP contribution in [0.5, 0.6) is 0 Å². The van der Waals surface area contributed by atoms with Gasteiger partial charge in [-0.3, -0.25) is 4.79 Å². The SMILES string of the molecule is CC(C)(C)NC(=O)Cc1cccc(F)c1Cl. The highest BCUT2D eigenvalue weighted by Gasteiger charge is 2.15. The van der Waals surface area contributed by atoms with Gasteiger partial charge in [-0.15, -0.1) is 0 Å². The number of hydrogen-bond donors (Lipinski definition) is 1. The predicted molar refractivity (Wildman–Crippen MR) is 63.0 cm³/mol. The lowest BCUT2D eigenvalue weighted by molar-refractivity contribution is -0.121. The molecule has 1 aromatic carbocycles. The number of rotatable bonds is 2. The molecule has 0 aliphatic heterocycles. The third-order valence-electron chi connectivity index (χ3n) is 1.90. The standard InChI is InChI=1S/C12H15ClFNO/c1-12(2,3)15-10(16)7-8-5-4-6-9(14)11(8)13/h4-6H,7H2,1-3H3,(H,15,16). The van der Waals surface area contributed by atoms with Gasteiger partial charge in [0.1, 0.15) is 5.82 Å². The van der Waals surface area contributed by atoms with Crippen LogP contribution in [0.15, 0.2) is 18.2 Å². The van der Waals surface area contributed by atoms with Gasteiger partial charge in [-0.25, -0.2) is 4.39 Å². The molecule has 0 atom stereocenters. The molecule has 0 spiro atoms. The lowest BCUT2D eigenvalue weighted by Crippen LogP contribution is -2.41. The molecule has 0 aliphatic rings. The van der Waals surface area contributed by atoms with Crippen LogP contribution < -0.4 is 5.32 Å². The molecule has 0 heterocycles. The van der Waals surface area contributed by atoms with Crippen LogP contribution in [0, 0.1) is 5.82 Å². The van der Waals surface area contributed by atoms with Gasteiger partial charge >= 0.3 is 0 Å². The zero-order valence-electron chi connectivity index (χ0n) is 9.60. The normalized spacial score (nSPS) is 11.3. The second-order valence-corrected chi connectivity index (χ2v) is 5.07. The quantitative estimate of drug-likeness (QED) is 0.850. The predicted octanol–water partition coefficient (Wildman–Crippen LogP) is 2.94. The first kappa shape index (κ1) is 13.0. The molecule has 0 radical (unpaired) electrons. The Bertz CT molecular complexity index is 398. The van der Waals surface area contributed by atoms with Gasteiger partial charge in [-0.05, 0) is 32.4 Å². The Balaban J connectivity index is 2.74. The maximum absolute atomic E-state index is 13.1. The number of benzene rings is 1.